The van der Waals surface area contributed by atoms with Crippen molar-refractivity contribution in [1.29, 1.82) is 0 Å². The molecule has 0 aliphatic heterocycles. The molecule has 1 aromatic heterocycles. The zero-order valence-electron chi connectivity index (χ0n) is 14.1. The van der Waals surface area contributed by atoms with Crippen molar-refractivity contribution < 1.29 is 9.59 Å². The van der Waals surface area contributed by atoms with Crippen molar-refractivity contribution in [3.05, 3.63) is 50.9 Å². The summed E-state index contributed by atoms with van der Waals surface area (Å²) in [4.78, 5) is 25.5. The van der Waals surface area contributed by atoms with Gasteiger partial charge in [-0.25, -0.2) is 0 Å². The molecule has 0 unspecified atom stereocenters. The number of aryl methyl sites for hydroxylation is 3. The van der Waals surface area contributed by atoms with Crippen molar-refractivity contribution >= 4 is 28.2 Å². The van der Waals surface area contributed by atoms with E-state index in [9.17, 15) is 9.59 Å². The topological polar surface area (TPSA) is 72.2 Å². The predicted octanol–water partition coefficient (Wildman–Crippen LogP) is 3.52. The van der Waals surface area contributed by atoms with Crippen LogP contribution in [-0.2, 0) is 24.1 Å². The molecule has 0 saturated carbocycles. The molecule has 0 fully saturated rings. The Labute approximate surface area is 146 Å². The van der Waals surface area contributed by atoms with E-state index in [0.29, 0.717) is 17.0 Å². The van der Waals surface area contributed by atoms with Crippen LogP contribution in [0.4, 0.5) is 5.00 Å². The summed E-state index contributed by atoms with van der Waals surface area (Å²) in [6, 6.07) is 6.02. The minimum atomic E-state index is -0.448. The maximum absolute atomic E-state index is 12.4. The molecule has 2 aromatic rings. The molecular weight excluding hydrogens is 320 g/mol. The molecule has 1 aliphatic rings. The van der Waals surface area contributed by atoms with Crippen molar-refractivity contribution in [3.63, 3.8) is 0 Å². The summed E-state index contributed by atoms with van der Waals surface area (Å²) in [5.41, 5.74) is 10.5. The van der Waals surface area contributed by atoms with Gasteiger partial charge < -0.3 is 11.1 Å². The van der Waals surface area contributed by atoms with Gasteiger partial charge in [-0.3, -0.25) is 9.59 Å². The number of hydrogen-bond acceptors (Lipinski definition) is 3. The van der Waals surface area contributed by atoms with Gasteiger partial charge in [0.05, 0.1) is 12.0 Å². The van der Waals surface area contributed by atoms with E-state index in [1.165, 1.54) is 27.3 Å². The second kappa shape index (κ2) is 6.77. The lowest BCUT2D eigenvalue weighted by molar-refractivity contribution is -0.115. The number of thiophene rings is 1. The van der Waals surface area contributed by atoms with E-state index < -0.39 is 5.91 Å². The maximum Gasteiger partial charge on any atom is 0.251 e. The Morgan fingerprint density at radius 3 is 2.62 bits per heavy atom. The summed E-state index contributed by atoms with van der Waals surface area (Å²) < 4.78 is 0. The van der Waals surface area contributed by atoms with Gasteiger partial charge in [-0.15, -0.1) is 11.3 Å². The molecule has 0 saturated heterocycles. The fraction of sp³-hybridized carbons (Fsp3) is 0.368. The number of rotatable bonds is 4. The van der Waals surface area contributed by atoms with Crippen LogP contribution in [0.1, 0.15) is 50.3 Å². The zero-order valence-corrected chi connectivity index (χ0v) is 14.9. The van der Waals surface area contributed by atoms with Crippen LogP contribution in [0.2, 0.25) is 0 Å². The lowest BCUT2D eigenvalue weighted by atomic mass is 9.95. The van der Waals surface area contributed by atoms with Crippen molar-refractivity contribution in [1.82, 2.24) is 0 Å². The minimum Gasteiger partial charge on any atom is -0.365 e. The molecule has 0 bridgehead atoms. The number of carbonyl (C=O) groups is 2. The molecule has 5 heteroatoms. The monoisotopic (exact) mass is 342 g/mol. The third-order valence-electron chi connectivity index (χ3n) is 4.61. The highest BCUT2D eigenvalue weighted by molar-refractivity contribution is 7.17. The van der Waals surface area contributed by atoms with Crippen LogP contribution < -0.4 is 11.1 Å². The van der Waals surface area contributed by atoms with Crippen LogP contribution in [0.25, 0.3) is 0 Å². The Balaban J connectivity index is 1.80. The summed E-state index contributed by atoms with van der Waals surface area (Å²) >= 11 is 1.50. The van der Waals surface area contributed by atoms with Crippen LogP contribution in [0.5, 0.6) is 0 Å². The number of fused-ring (bicyclic) bond motifs is 1. The van der Waals surface area contributed by atoms with Gasteiger partial charge in [0, 0.05) is 4.88 Å². The highest BCUT2D eigenvalue weighted by Gasteiger charge is 2.24. The normalized spacial score (nSPS) is 13.4. The van der Waals surface area contributed by atoms with Gasteiger partial charge in [0.1, 0.15) is 5.00 Å². The largest absolute Gasteiger partial charge is 0.365 e. The van der Waals surface area contributed by atoms with Crippen LogP contribution in [0.15, 0.2) is 18.2 Å². The first kappa shape index (κ1) is 16.7. The van der Waals surface area contributed by atoms with E-state index in [4.69, 9.17) is 5.73 Å². The number of nitrogens with two attached hydrogens (primary N) is 1. The molecule has 1 aliphatic carbocycles. The van der Waals surface area contributed by atoms with Crippen LogP contribution >= 0.6 is 11.3 Å². The second-order valence-electron chi connectivity index (χ2n) is 6.42. The average molecular weight is 342 g/mol. The van der Waals surface area contributed by atoms with Crippen LogP contribution in [0.3, 0.4) is 0 Å². The Bertz CT molecular complexity index is 808. The molecule has 0 radical (unpaired) electrons. The first-order chi connectivity index (χ1) is 11.5. The molecule has 3 rings (SSSR count). The van der Waals surface area contributed by atoms with E-state index in [0.717, 1.165) is 36.8 Å². The first-order valence-electron chi connectivity index (χ1n) is 8.26. The summed E-state index contributed by atoms with van der Waals surface area (Å²) in [7, 11) is 0. The van der Waals surface area contributed by atoms with Crippen molar-refractivity contribution in [3.8, 4) is 0 Å². The van der Waals surface area contributed by atoms with Gasteiger partial charge in [0.15, 0.2) is 0 Å². The predicted molar refractivity (Wildman–Crippen MR) is 97.7 cm³/mol. The molecule has 1 heterocycles. The van der Waals surface area contributed by atoms with Gasteiger partial charge in [-0.1, -0.05) is 18.2 Å². The van der Waals surface area contributed by atoms with E-state index in [1.54, 1.807) is 0 Å². The molecule has 4 nitrogen and oxygen atoms in total. The lowest BCUT2D eigenvalue weighted by Crippen LogP contribution is -2.19. The lowest BCUT2D eigenvalue weighted by Gasteiger charge is -2.11. The summed E-state index contributed by atoms with van der Waals surface area (Å²) in [5.74, 6) is -0.560. The number of nitrogens with one attached hydrogen (secondary N) is 1. The number of anilines is 1. The fourth-order valence-corrected chi connectivity index (χ4v) is 4.50. The van der Waals surface area contributed by atoms with E-state index in [-0.39, 0.29) is 5.91 Å². The number of carbonyl (C=O) groups excluding carboxylic acids is 2. The third-order valence-corrected chi connectivity index (χ3v) is 5.81. The highest BCUT2D eigenvalue weighted by atomic mass is 32.1. The molecule has 126 valence electrons. The van der Waals surface area contributed by atoms with Gasteiger partial charge in [-0.05, 0) is 61.8 Å². The molecule has 0 spiro atoms. The highest BCUT2D eigenvalue weighted by Crippen LogP contribution is 2.37. The van der Waals surface area contributed by atoms with Crippen LogP contribution in [0, 0.1) is 13.8 Å². The van der Waals surface area contributed by atoms with Crippen LogP contribution in [-0.4, -0.2) is 11.8 Å². The number of amides is 2. The first-order valence-corrected chi connectivity index (χ1v) is 9.07. The minimum absolute atomic E-state index is 0.112. The SMILES string of the molecule is Cc1ccc(CC(=O)Nc2sc3c(c2C(N)=O)CCCC3)cc1C. The molecule has 0 atom stereocenters. The number of primary amides is 1. The third kappa shape index (κ3) is 3.36. The van der Waals surface area contributed by atoms with Gasteiger partial charge in [-0.2, -0.15) is 0 Å². The molecule has 1 aromatic carbocycles. The molecule has 2 amide bonds. The molecular formula is C19H22N2O2S. The summed E-state index contributed by atoms with van der Waals surface area (Å²) in [6.07, 6.45) is 4.33. The van der Waals surface area contributed by atoms with E-state index in [2.05, 4.69) is 12.2 Å². The van der Waals surface area contributed by atoms with Gasteiger partial charge in [0.25, 0.3) is 5.91 Å². The quantitative estimate of drug-likeness (QED) is 0.892. The summed E-state index contributed by atoms with van der Waals surface area (Å²) in [5, 5.41) is 3.52. The zero-order chi connectivity index (χ0) is 17.3. The van der Waals surface area contributed by atoms with Crippen molar-refractivity contribution in [2.75, 3.05) is 5.32 Å². The Hall–Kier alpha value is -2.14. The molecule has 3 N–H and O–H groups in total. The fourth-order valence-electron chi connectivity index (χ4n) is 3.18. The van der Waals surface area contributed by atoms with Crippen molar-refractivity contribution in [2.24, 2.45) is 5.73 Å². The Morgan fingerprint density at radius 1 is 1.17 bits per heavy atom. The van der Waals surface area contributed by atoms with E-state index >= 15 is 0 Å². The van der Waals surface area contributed by atoms with Crippen molar-refractivity contribution in [2.45, 2.75) is 46.0 Å². The van der Waals surface area contributed by atoms with Gasteiger partial charge >= 0.3 is 0 Å². The van der Waals surface area contributed by atoms with E-state index in [1.807, 2.05) is 25.1 Å². The average Bonchev–Trinajstić information content (AvgIpc) is 2.88. The molecule has 24 heavy (non-hydrogen) atoms. The Kier molecular flexibility index (Phi) is 4.71. The van der Waals surface area contributed by atoms with Gasteiger partial charge in [0.2, 0.25) is 5.91 Å². The number of benzene rings is 1. The maximum atomic E-state index is 12.4. The smallest absolute Gasteiger partial charge is 0.251 e. The summed E-state index contributed by atoms with van der Waals surface area (Å²) in [6.45, 7) is 4.09. The standard InChI is InChI=1S/C19H22N2O2S/c1-11-7-8-13(9-12(11)2)10-16(22)21-19-17(18(20)23)14-5-3-4-6-15(14)24-19/h7-9H,3-6,10H2,1-2H3,(H2,20,23)(H,21,22). The second-order valence-corrected chi connectivity index (χ2v) is 7.53. The Morgan fingerprint density at radius 2 is 1.92 bits per heavy atom. The number of hydrogen-bond donors (Lipinski definition) is 2.